The predicted molar refractivity (Wildman–Crippen MR) is 78.6 cm³/mol. The maximum absolute atomic E-state index is 13.4. The average Bonchev–Trinajstić information content (AvgIpc) is 2.38. The molecule has 0 fully saturated rings. The van der Waals surface area contributed by atoms with E-state index in [0.717, 1.165) is 0 Å². The number of carbonyl (C=O) groups is 1. The molecule has 0 spiro atoms. The molecule has 98 valence electrons. The lowest BCUT2D eigenvalue weighted by Crippen LogP contribution is -2.04. The molecule has 0 saturated carbocycles. The van der Waals surface area contributed by atoms with Crippen LogP contribution >= 0.6 is 39.1 Å². The lowest BCUT2D eigenvalue weighted by Gasteiger charge is -2.06. The predicted octanol–water partition coefficient (Wildman–Crippen LogP) is 5.32. The Morgan fingerprint density at radius 1 is 1.16 bits per heavy atom. The molecule has 1 nitrogen and oxygen atoms in total. The zero-order valence-electron chi connectivity index (χ0n) is 9.59. The molecule has 0 aliphatic heterocycles. The van der Waals surface area contributed by atoms with Crippen molar-refractivity contribution in [3.05, 3.63) is 67.9 Å². The van der Waals surface area contributed by atoms with Crippen LogP contribution in [-0.2, 0) is 6.42 Å². The van der Waals surface area contributed by atoms with E-state index in [9.17, 15) is 9.18 Å². The zero-order chi connectivity index (χ0) is 14.0. The van der Waals surface area contributed by atoms with Gasteiger partial charge in [-0.15, -0.1) is 0 Å². The number of Topliss-reactive ketones (excluding diaryl/α,β-unsaturated/α-hetero) is 1. The molecule has 0 aromatic heterocycles. The Balaban J connectivity index is 2.26. The quantitative estimate of drug-likeness (QED) is 0.676. The van der Waals surface area contributed by atoms with Gasteiger partial charge in [0.05, 0.1) is 14.5 Å². The molecular weight excluding hydrogens is 354 g/mol. The SMILES string of the molecule is O=C(Cc1cccc(F)c1Br)c1ccc(Cl)c(Cl)c1. The van der Waals surface area contributed by atoms with E-state index in [2.05, 4.69) is 15.9 Å². The van der Waals surface area contributed by atoms with Crippen LogP contribution in [0.15, 0.2) is 40.9 Å². The van der Waals surface area contributed by atoms with E-state index in [1.54, 1.807) is 24.3 Å². The van der Waals surface area contributed by atoms with E-state index in [1.807, 2.05) is 0 Å². The Hall–Kier alpha value is -0.900. The van der Waals surface area contributed by atoms with Gasteiger partial charge in [-0.05, 0) is 45.8 Å². The fraction of sp³-hybridized carbons (Fsp3) is 0.0714. The first-order valence-corrected chi connectivity index (χ1v) is 6.95. The Labute approximate surface area is 128 Å². The van der Waals surface area contributed by atoms with Gasteiger partial charge in [-0.3, -0.25) is 4.79 Å². The molecule has 0 amide bonds. The van der Waals surface area contributed by atoms with Crippen LogP contribution < -0.4 is 0 Å². The van der Waals surface area contributed by atoms with Crippen molar-refractivity contribution in [1.82, 2.24) is 0 Å². The molecule has 0 aliphatic rings. The van der Waals surface area contributed by atoms with Crippen molar-refractivity contribution < 1.29 is 9.18 Å². The Morgan fingerprint density at radius 2 is 1.89 bits per heavy atom. The lowest BCUT2D eigenvalue weighted by molar-refractivity contribution is 0.0993. The van der Waals surface area contributed by atoms with Gasteiger partial charge in [0.25, 0.3) is 0 Å². The van der Waals surface area contributed by atoms with E-state index in [-0.39, 0.29) is 18.0 Å². The molecule has 0 heterocycles. The van der Waals surface area contributed by atoms with E-state index < -0.39 is 0 Å². The fourth-order valence-electron chi connectivity index (χ4n) is 1.63. The molecule has 19 heavy (non-hydrogen) atoms. The van der Waals surface area contributed by atoms with Gasteiger partial charge < -0.3 is 0 Å². The second kappa shape index (κ2) is 6.04. The number of halogens is 4. The Morgan fingerprint density at radius 3 is 2.58 bits per heavy atom. The van der Waals surface area contributed by atoms with Crippen molar-refractivity contribution in [2.45, 2.75) is 6.42 Å². The van der Waals surface area contributed by atoms with Gasteiger partial charge in [0.15, 0.2) is 5.78 Å². The standard InChI is InChI=1S/C14H8BrCl2FO/c15-14-9(2-1-3-12(14)18)7-13(19)8-4-5-10(16)11(17)6-8/h1-6H,7H2. The summed E-state index contributed by atoms with van der Waals surface area (Å²) in [7, 11) is 0. The summed E-state index contributed by atoms with van der Waals surface area (Å²) < 4.78 is 13.7. The largest absolute Gasteiger partial charge is 0.294 e. The number of benzene rings is 2. The second-order valence-corrected chi connectivity index (χ2v) is 5.55. The first-order chi connectivity index (χ1) is 8.99. The summed E-state index contributed by atoms with van der Waals surface area (Å²) in [6, 6.07) is 9.28. The maximum atomic E-state index is 13.4. The number of hydrogen-bond donors (Lipinski definition) is 0. The lowest BCUT2D eigenvalue weighted by atomic mass is 10.0. The highest BCUT2D eigenvalue weighted by molar-refractivity contribution is 9.10. The molecule has 0 radical (unpaired) electrons. The van der Waals surface area contributed by atoms with Gasteiger partial charge in [0, 0.05) is 12.0 Å². The summed E-state index contributed by atoms with van der Waals surface area (Å²) in [4.78, 5) is 12.1. The molecule has 0 saturated heterocycles. The van der Waals surface area contributed by atoms with Crippen molar-refractivity contribution in [3.8, 4) is 0 Å². The van der Waals surface area contributed by atoms with Gasteiger partial charge >= 0.3 is 0 Å². The first kappa shape index (κ1) is 14.5. The number of carbonyl (C=O) groups excluding carboxylic acids is 1. The highest BCUT2D eigenvalue weighted by Crippen LogP contribution is 2.25. The van der Waals surface area contributed by atoms with Crippen LogP contribution in [0.1, 0.15) is 15.9 Å². The Kier molecular flexibility index (Phi) is 4.61. The molecule has 0 unspecified atom stereocenters. The molecule has 5 heteroatoms. The number of hydrogen-bond acceptors (Lipinski definition) is 1. The average molecular weight is 362 g/mol. The van der Waals surface area contributed by atoms with Crippen LogP contribution in [0.3, 0.4) is 0 Å². The summed E-state index contributed by atoms with van der Waals surface area (Å²) in [5, 5.41) is 0.718. The summed E-state index contributed by atoms with van der Waals surface area (Å²) in [6.45, 7) is 0. The van der Waals surface area contributed by atoms with E-state index in [0.29, 0.717) is 25.6 Å². The van der Waals surface area contributed by atoms with Crippen molar-refractivity contribution >= 4 is 44.9 Å². The molecule has 2 rings (SSSR count). The van der Waals surface area contributed by atoms with Gasteiger partial charge in [0.1, 0.15) is 5.82 Å². The third-order valence-electron chi connectivity index (χ3n) is 2.62. The van der Waals surface area contributed by atoms with Crippen LogP contribution in [0.25, 0.3) is 0 Å². The molecule has 0 bridgehead atoms. The summed E-state index contributed by atoms with van der Waals surface area (Å²) in [5.41, 5.74) is 1.04. The third-order valence-corrected chi connectivity index (χ3v) is 4.25. The zero-order valence-corrected chi connectivity index (χ0v) is 12.7. The molecule has 0 aliphatic carbocycles. The molecular formula is C14H8BrCl2FO. The maximum Gasteiger partial charge on any atom is 0.167 e. The van der Waals surface area contributed by atoms with Crippen molar-refractivity contribution in [2.75, 3.05) is 0 Å². The van der Waals surface area contributed by atoms with E-state index >= 15 is 0 Å². The molecule has 0 N–H and O–H groups in total. The summed E-state index contributed by atoms with van der Waals surface area (Å²) in [6.07, 6.45) is 0.0936. The highest BCUT2D eigenvalue weighted by atomic mass is 79.9. The van der Waals surface area contributed by atoms with E-state index in [4.69, 9.17) is 23.2 Å². The van der Waals surface area contributed by atoms with Gasteiger partial charge in [-0.2, -0.15) is 0 Å². The van der Waals surface area contributed by atoms with Crippen molar-refractivity contribution in [1.29, 1.82) is 0 Å². The minimum Gasteiger partial charge on any atom is -0.294 e. The summed E-state index contributed by atoms with van der Waals surface area (Å²) >= 11 is 14.8. The Bertz CT molecular complexity index is 643. The molecule has 0 atom stereocenters. The van der Waals surface area contributed by atoms with Crippen LogP contribution in [0.5, 0.6) is 0 Å². The summed E-state index contributed by atoms with van der Waals surface area (Å²) in [5.74, 6) is -0.538. The van der Waals surface area contributed by atoms with Crippen LogP contribution in [0.2, 0.25) is 10.0 Å². The van der Waals surface area contributed by atoms with Gasteiger partial charge in [-0.1, -0.05) is 35.3 Å². The minimum atomic E-state index is -0.389. The highest BCUT2D eigenvalue weighted by Gasteiger charge is 2.12. The van der Waals surface area contributed by atoms with Crippen LogP contribution in [0.4, 0.5) is 4.39 Å². The number of rotatable bonds is 3. The van der Waals surface area contributed by atoms with Crippen molar-refractivity contribution in [2.24, 2.45) is 0 Å². The fourth-order valence-corrected chi connectivity index (χ4v) is 2.33. The van der Waals surface area contributed by atoms with Gasteiger partial charge in [0.2, 0.25) is 0 Å². The minimum absolute atomic E-state index is 0.0936. The normalized spacial score (nSPS) is 10.5. The smallest absolute Gasteiger partial charge is 0.167 e. The van der Waals surface area contributed by atoms with E-state index in [1.165, 1.54) is 12.1 Å². The second-order valence-electron chi connectivity index (χ2n) is 3.94. The van der Waals surface area contributed by atoms with Crippen molar-refractivity contribution in [3.63, 3.8) is 0 Å². The van der Waals surface area contributed by atoms with Crippen LogP contribution in [0, 0.1) is 5.82 Å². The van der Waals surface area contributed by atoms with Gasteiger partial charge in [-0.25, -0.2) is 4.39 Å². The third kappa shape index (κ3) is 3.35. The number of ketones is 1. The molecule has 2 aromatic rings. The first-order valence-electron chi connectivity index (χ1n) is 5.40. The molecule has 2 aromatic carbocycles. The topological polar surface area (TPSA) is 17.1 Å². The van der Waals surface area contributed by atoms with Crippen LogP contribution in [-0.4, -0.2) is 5.78 Å². The monoisotopic (exact) mass is 360 g/mol.